The molecule has 0 fully saturated rings. The van der Waals surface area contributed by atoms with E-state index in [1.54, 1.807) is 30.3 Å². The van der Waals surface area contributed by atoms with E-state index in [2.05, 4.69) is 6.92 Å². The van der Waals surface area contributed by atoms with Crippen LogP contribution in [0.2, 0.25) is 0 Å². The van der Waals surface area contributed by atoms with Gasteiger partial charge in [-0.2, -0.15) is 0 Å². The molecule has 2 aromatic carbocycles. The minimum atomic E-state index is -0.959. The highest BCUT2D eigenvalue weighted by atomic mass is 16.5. The van der Waals surface area contributed by atoms with Crippen LogP contribution in [0.3, 0.4) is 0 Å². The summed E-state index contributed by atoms with van der Waals surface area (Å²) in [7, 11) is 0. The van der Waals surface area contributed by atoms with E-state index >= 15 is 0 Å². The Morgan fingerprint density at radius 2 is 1.46 bits per heavy atom. The molecular formula is C20H24O4. The van der Waals surface area contributed by atoms with Gasteiger partial charge >= 0.3 is 11.9 Å². The molecule has 0 aliphatic rings. The van der Waals surface area contributed by atoms with Crippen LogP contribution in [0.5, 0.6) is 0 Å². The van der Waals surface area contributed by atoms with Gasteiger partial charge in [0.25, 0.3) is 0 Å². The van der Waals surface area contributed by atoms with Crippen LogP contribution in [0.25, 0.3) is 10.8 Å². The molecule has 0 aliphatic carbocycles. The van der Waals surface area contributed by atoms with Crippen molar-refractivity contribution in [1.29, 1.82) is 0 Å². The minimum Gasteiger partial charge on any atom is -0.478 e. The topological polar surface area (TPSA) is 63.6 Å². The lowest BCUT2D eigenvalue weighted by Gasteiger charge is -2.06. The van der Waals surface area contributed by atoms with Gasteiger partial charge in [0, 0.05) is 0 Å². The number of ether oxygens (including phenoxy) is 1. The van der Waals surface area contributed by atoms with Crippen LogP contribution >= 0.6 is 0 Å². The van der Waals surface area contributed by atoms with Crippen molar-refractivity contribution < 1.29 is 19.4 Å². The molecule has 0 saturated heterocycles. The highest BCUT2D eigenvalue weighted by Gasteiger charge is 2.09. The van der Waals surface area contributed by atoms with Crippen molar-refractivity contribution in [2.75, 3.05) is 6.61 Å². The first-order valence-electron chi connectivity index (χ1n) is 8.56. The highest BCUT2D eigenvalue weighted by Crippen LogP contribution is 2.19. The fourth-order valence-electron chi connectivity index (χ4n) is 2.64. The third-order valence-electron chi connectivity index (χ3n) is 4.05. The Morgan fingerprint density at radius 3 is 2.12 bits per heavy atom. The van der Waals surface area contributed by atoms with E-state index in [0.29, 0.717) is 12.2 Å². The van der Waals surface area contributed by atoms with Crippen molar-refractivity contribution in [2.24, 2.45) is 0 Å². The number of hydrogen-bond donors (Lipinski definition) is 1. The van der Waals surface area contributed by atoms with Crippen LogP contribution in [-0.4, -0.2) is 23.7 Å². The third-order valence-corrected chi connectivity index (χ3v) is 4.05. The summed E-state index contributed by atoms with van der Waals surface area (Å²) < 4.78 is 5.31. The van der Waals surface area contributed by atoms with Crippen LogP contribution < -0.4 is 0 Å². The van der Waals surface area contributed by atoms with Gasteiger partial charge in [-0.25, -0.2) is 9.59 Å². The molecule has 4 heteroatoms. The van der Waals surface area contributed by atoms with E-state index in [1.165, 1.54) is 31.7 Å². The van der Waals surface area contributed by atoms with Crippen LogP contribution in [0, 0.1) is 0 Å². The van der Waals surface area contributed by atoms with Gasteiger partial charge in [-0.1, -0.05) is 51.2 Å². The molecule has 0 amide bonds. The maximum Gasteiger partial charge on any atom is 0.338 e. The third kappa shape index (κ3) is 5.08. The second kappa shape index (κ2) is 9.06. The van der Waals surface area contributed by atoms with Gasteiger partial charge in [0.1, 0.15) is 0 Å². The number of carboxylic acids is 1. The molecule has 2 rings (SSSR count). The standard InChI is InChI=1S/C20H24O4/c1-2-3-4-5-6-7-12-24-20(23)18-11-9-15-13-17(19(21)22)10-8-16(15)14-18/h8-11,13-14H,2-7,12H2,1H3,(H,21,22). The Balaban J connectivity index is 1.88. The first-order chi connectivity index (χ1) is 11.6. The normalized spacial score (nSPS) is 10.7. The van der Waals surface area contributed by atoms with Crippen molar-refractivity contribution in [3.63, 3.8) is 0 Å². The molecule has 0 unspecified atom stereocenters. The Hall–Kier alpha value is -2.36. The monoisotopic (exact) mass is 328 g/mol. The average molecular weight is 328 g/mol. The summed E-state index contributed by atoms with van der Waals surface area (Å²) >= 11 is 0. The number of carbonyl (C=O) groups is 2. The maximum absolute atomic E-state index is 12.1. The van der Waals surface area contributed by atoms with E-state index < -0.39 is 5.97 Å². The number of aromatic carboxylic acids is 1. The molecule has 0 radical (unpaired) electrons. The Morgan fingerprint density at radius 1 is 0.875 bits per heavy atom. The van der Waals surface area contributed by atoms with E-state index in [9.17, 15) is 9.59 Å². The Bertz CT molecular complexity index is 706. The van der Waals surface area contributed by atoms with Gasteiger partial charge in [-0.15, -0.1) is 0 Å². The highest BCUT2D eigenvalue weighted by molar-refractivity contribution is 5.98. The molecule has 0 saturated carbocycles. The smallest absolute Gasteiger partial charge is 0.338 e. The van der Waals surface area contributed by atoms with E-state index in [1.807, 2.05) is 0 Å². The summed E-state index contributed by atoms with van der Waals surface area (Å²) in [6, 6.07) is 10.0. The minimum absolute atomic E-state index is 0.237. The summed E-state index contributed by atoms with van der Waals surface area (Å²) in [4.78, 5) is 23.1. The second-order valence-corrected chi connectivity index (χ2v) is 5.99. The molecular weight excluding hydrogens is 304 g/mol. The molecule has 128 valence electrons. The van der Waals surface area contributed by atoms with Crippen LogP contribution in [0.15, 0.2) is 36.4 Å². The van der Waals surface area contributed by atoms with Crippen molar-refractivity contribution >= 4 is 22.7 Å². The lowest BCUT2D eigenvalue weighted by Crippen LogP contribution is -2.06. The number of esters is 1. The van der Waals surface area contributed by atoms with Crippen LogP contribution in [0.4, 0.5) is 0 Å². The summed E-state index contributed by atoms with van der Waals surface area (Å²) in [5.41, 5.74) is 0.734. The van der Waals surface area contributed by atoms with E-state index in [-0.39, 0.29) is 11.5 Å². The van der Waals surface area contributed by atoms with Gasteiger partial charge in [-0.3, -0.25) is 0 Å². The second-order valence-electron chi connectivity index (χ2n) is 5.99. The Labute approximate surface area is 142 Å². The number of unbranched alkanes of at least 4 members (excludes halogenated alkanes) is 5. The maximum atomic E-state index is 12.1. The zero-order valence-corrected chi connectivity index (χ0v) is 14.1. The summed E-state index contributed by atoms with van der Waals surface area (Å²) in [5, 5.41) is 10.6. The summed E-state index contributed by atoms with van der Waals surface area (Å²) in [5.74, 6) is -1.29. The molecule has 0 aliphatic heterocycles. The fourth-order valence-corrected chi connectivity index (χ4v) is 2.64. The molecule has 0 atom stereocenters. The Kier molecular flexibility index (Phi) is 6.79. The molecule has 1 N–H and O–H groups in total. The first-order valence-corrected chi connectivity index (χ1v) is 8.56. The van der Waals surface area contributed by atoms with E-state index in [4.69, 9.17) is 9.84 Å². The summed E-state index contributed by atoms with van der Waals surface area (Å²) in [6.45, 7) is 2.63. The van der Waals surface area contributed by atoms with Gasteiger partial charge in [0.2, 0.25) is 0 Å². The van der Waals surface area contributed by atoms with Gasteiger partial charge in [0.15, 0.2) is 0 Å². The quantitative estimate of drug-likeness (QED) is 0.516. The van der Waals surface area contributed by atoms with Crippen LogP contribution in [-0.2, 0) is 4.74 Å². The largest absolute Gasteiger partial charge is 0.478 e. The number of carboxylic acid groups (broad SMARTS) is 1. The first kappa shape index (κ1) is 18.0. The average Bonchev–Trinajstić information content (AvgIpc) is 2.59. The van der Waals surface area contributed by atoms with Crippen molar-refractivity contribution in [2.45, 2.75) is 45.4 Å². The lowest BCUT2D eigenvalue weighted by atomic mass is 10.0. The lowest BCUT2D eigenvalue weighted by molar-refractivity contribution is 0.0497. The van der Waals surface area contributed by atoms with Gasteiger partial charge in [-0.05, 0) is 41.5 Å². The predicted octanol–water partition coefficient (Wildman–Crippen LogP) is 5.06. The molecule has 2 aromatic rings. The molecule has 0 spiro atoms. The van der Waals surface area contributed by atoms with Crippen molar-refractivity contribution in [3.05, 3.63) is 47.5 Å². The van der Waals surface area contributed by atoms with Crippen molar-refractivity contribution in [1.82, 2.24) is 0 Å². The van der Waals surface area contributed by atoms with Crippen molar-refractivity contribution in [3.8, 4) is 0 Å². The molecule has 24 heavy (non-hydrogen) atoms. The number of hydrogen-bond acceptors (Lipinski definition) is 3. The summed E-state index contributed by atoms with van der Waals surface area (Å²) in [6.07, 6.45) is 6.90. The molecule has 0 aromatic heterocycles. The molecule has 0 heterocycles. The van der Waals surface area contributed by atoms with E-state index in [0.717, 1.165) is 23.6 Å². The number of rotatable bonds is 9. The number of fused-ring (bicyclic) bond motifs is 1. The SMILES string of the molecule is CCCCCCCCOC(=O)c1ccc2cc(C(=O)O)ccc2c1. The van der Waals surface area contributed by atoms with Gasteiger partial charge < -0.3 is 9.84 Å². The molecule has 0 bridgehead atoms. The fraction of sp³-hybridized carbons (Fsp3) is 0.400. The number of benzene rings is 2. The predicted molar refractivity (Wildman–Crippen MR) is 94.6 cm³/mol. The number of carbonyl (C=O) groups excluding carboxylic acids is 1. The molecule has 4 nitrogen and oxygen atoms in total. The zero-order valence-electron chi connectivity index (χ0n) is 14.1. The van der Waals surface area contributed by atoms with Gasteiger partial charge in [0.05, 0.1) is 17.7 Å². The van der Waals surface area contributed by atoms with Crippen LogP contribution in [0.1, 0.15) is 66.2 Å². The zero-order chi connectivity index (χ0) is 17.4.